The highest BCUT2D eigenvalue weighted by molar-refractivity contribution is 6.11. The minimum Gasteiger partial charge on any atom is -0.349 e. The summed E-state index contributed by atoms with van der Waals surface area (Å²) < 4.78 is 0. The molecule has 8 heteroatoms. The van der Waals surface area contributed by atoms with E-state index in [4.69, 9.17) is 0 Å². The first-order valence-corrected chi connectivity index (χ1v) is 10.4. The summed E-state index contributed by atoms with van der Waals surface area (Å²) in [7, 11) is 0. The summed E-state index contributed by atoms with van der Waals surface area (Å²) in [5, 5.41) is 8.39. The largest absolute Gasteiger partial charge is 0.349 e. The molecule has 1 unspecified atom stereocenters. The van der Waals surface area contributed by atoms with Crippen molar-refractivity contribution in [1.82, 2.24) is 15.5 Å². The van der Waals surface area contributed by atoms with E-state index >= 15 is 0 Å². The Morgan fingerprint density at radius 1 is 1.10 bits per heavy atom. The number of amides is 5. The van der Waals surface area contributed by atoms with Crippen molar-refractivity contribution in [3.63, 3.8) is 0 Å². The van der Waals surface area contributed by atoms with Crippen LogP contribution in [0, 0.1) is 0 Å². The van der Waals surface area contributed by atoms with E-state index in [-0.39, 0.29) is 11.9 Å². The lowest BCUT2D eigenvalue weighted by molar-refractivity contribution is -0.134. The van der Waals surface area contributed by atoms with E-state index in [1.54, 1.807) is 24.3 Å². The van der Waals surface area contributed by atoms with E-state index in [1.807, 2.05) is 24.3 Å². The highest BCUT2D eigenvalue weighted by Gasteiger charge is 2.55. The molecule has 1 aliphatic heterocycles. The fourth-order valence-corrected chi connectivity index (χ4v) is 4.31. The van der Waals surface area contributed by atoms with Gasteiger partial charge in [0.2, 0.25) is 5.91 Å². The Balaban J connectivity index is 1.27. The lowest BCUT2D eigenvalue weighted by atomic mass is 9.92. The van der Waals surface area contributed by atoms with Crippen molar-refractivity contribution in [3.8, 4) is 0 Å². The topological polar surface area (TPSA) is 108 Å². The molecule has 31 heavy (non-hydrogen) atoms. The van der Waals surface area contributed by atoms with Crippen molar-refractivity contribution in [1.29, 1.82) is 0 Å². The van der Waals surface area contributed by atoms with Crippen molar-refractivity contribution in [2.75, 3.05) is 11.9 Å². The van der Waals surface area contributed by atoms with Crippen LogP contribution in [0.5, 0.6) is 0 Å². The first-order chi connectivity index (χ1) is 15.0. The average molecular weight is 418 g/mol. The summed E-state index contributed by atoms with van der Waals surface area (Å²) in [6, 6.07) is 13.8. The van der Waals surface area contributed by atoms with Crippen LogP contribution in [0.15, 0.2) is 48.5 Å². The van der Waals surface area contributed by atoms with E-state index in [9.17, 15) is 19.2 Å². The number of hydrogen-bond donors (Lipinski definition) is 3. The van der Waals surface area contributed by atoms with Gasteiger partial charge in [0.05, 0.1) is 0 Å². The molecule has 0 aromatic heterocycles. The summed E-state index contributed by atoms with van der Waals surface area (Å²) in [6.07, 6.45) is 3.14. The summed E-state index contributed by atoms with van der Waals surface area (Å²) in [5.74, 6) is -1.10. The second kappa shape index (κ2) is 7.23. The number of benzene rings is 2. The summed E-state index contributed by atoms with van der Waals surface area (Å²) in [6.45, 7) is -0.396. The smallest absolute Gasteiger partial charge is 0.325 e. The van der Waals surface area contributed by atoms with Crippen molar-refractivity contribution < 1.29 is 19.2 Å². The number of carbonyl (C=O) groups is 4. The molecular weight excluding hydrogens is 396 g/mol. The zero-order valence-electron chi connectivity index (χ0n) is 16.8. The number of urea groups is 1. The maximum Gasteiger partial charge on any atom is 0.325 e. The third-order valence-electron chi connectivity index (χ3n) is 6.05. The Hall–Kier alpha value is -3.68. The average Bonchev–Trinajstić information content (AvgIpc) is 3.46. The van der Waals surface area contributed by atoms with Crippen LogP contribution in [0.2, 0.25) is 0 Å². The van der Waals surface area contributed by atoms with Gasteiger partial charge in [-0.1, -0.05) is 30.3 Å². The van der Waals surface area contributed by atoms with E-state index in [0.717, 1.165) is 28.9 Å². The van der Waals surface area contributed by atoms with Gasteiger partial charge < -0.3 is 16.0 Å². The fourth-order valence-electron chi connectivity index (χ4n) is 4.31. The lowest BCUT2D eigenvalue weighted by Gasteiger charge is -2.22. The van der Waals surface area contributed by atoms with Crippen molar-refractivity contribution in [2.24, 2.45) is 0 Å². The second-order valence-electron chi connectivity index (χ2n) is 8.26. The number of anilines is 1. The SMILES string of the molecule is O=C(CN1C(=O)NC2(CCc3ccccc32)C1=O)Nc1cccc(C(=O)NC2CC2)c1. The van der Waals surface area contributed by atoms with Crippen LogP contribution in [0.3, 0.4) is 0 Å². The molecule has 2 aromatic rings. The predicted molar refractivity (Wildman–Crippen MR) is 112 cm³/mol. The number of fused-ring (bicyclic) bond motifs is 2. The maximum atomic E-state index is 13.2. The highest BCUT2D eigenvalue weighted by atomic mass is 16.2. The Kier molecular flexibility index (Phi) is 4.50. The van der Waals surface area contributed by atoms with Gasteiger partial charge in [-0.05, 0) is 55.0 Å². The third-order valence-corrected chi connectivity index (χ3v) is 6.05. The summed E-state index contributed by atoms with van der Waals surface area (Å²) >= 11 is 0. The molecule has 1 saturated heterocycles. The summed E-state index contributed by atoms with van der Waals surface area (Å²) in [5.41, 5.74) is 1.62. The van der Waals surface area contributed by atoms with Gasteiger partial charge in [-0.25, -0.2) is 4.79 Å². The molecule has 3 aliphatic rings. The molecule has 0 bridgehead atoms. The minimum absolute atomic E-state index is 0.186. The van der Waals surface area contributed by atoms with Crippen LogP contribution in [0.4, 0.5) is 10.5 Å². The molecule has 1 spiro atoms. The quantitative estimate of drug-likeness (QED) is 0.645. The molecule has 2 aromatic carbocycles. The summed E-state index contributed by atoms with van der Waals surface area (Å²) in [4.78, 5) is 51.5. The van der Waals surface area contributed by atoms with Gasteiger partial charge in [0.15, 0.2) is 0 Å². The molecule has 5 amide bonds. The molecule has 1 heterocycles. The first kappa shape index (κ1) is 19.3. The van der Waals surface area contributed by atoms with E-state index < -0.39 is 29.9 Å². The van der Waals surface area contributed by atoms with Crippen LogP contribution < -0.4 is 16.0 Å². The van der Waals surface area contributed by atoms with E-state index in [0.29, 0.717) is 24.1 Å². The van der Waals surface area contributed by atoms with Crippen molar-refractivity contribution >= 4 is 29.4 Å². The molecule has 8 nitrogen and oxygen atoms in total. The minimum atomic E-state index is -1.09. The first-order valence-electron chi connectivity index (χ1n) is 10.4. The van der Waals surface area contributed by atoms with Crippen LogP contribution in [0.1, 0.15) is 40.7 Å². The molecular formula is C23H22N4O4. The third kappa shape index (κ3) is 3.43. The number of carbonyl (C=O) groups excluding carboxylic acids is 4. The Morgan fingerprint density at radius 2 is 1.90 bits per heavy atom. The Bertz CT molecular complexity index is 1110. The fraction of sp³-hybridized carbons (Fsp3) is 0.304. The van der Waals surface area contributed by atoms with Crippen LogP contribution in [0.25, 0.3) is 0 Å². The maximum absolute atomic E-state index is 13.2. The van der Waals surface area contributed by atoms with Gasteiger partial charge in [-0.2, -0.15) is 0 Å². The van der Waals surface area contributed by atoms with Crippen LogP contribution in [-0.4, -0.2) is 41.2 Å². The lowest BCUT2D eigenvalue weighted by Crippen LogP contribution is -2.43. The van der Waals surface area contributed by atoms with Gasteiger partial charge >= 0.3 is 6.03 Å². The molecule has 1 atom stereocenters. The van der Waals surface area contributed by atoms with Crippen LogP contribution in [-0.2, 0) is 21.5 Å². The number of hydrogen-bond acceptors (Lipinski definition) is 4. The Morgan fingerprint density at radius 3 is 2.71 bits per heavy atom. The number of nitrogens with zero attached hydrogens (tertiary/aromatic N) is 1. The van der Waals surface area contributed by atoms with Crippen molar-refractivity contribution in [3.05, 3.63) is 65.2 Å². The second-order valence-corrected chi connectivity index (χ2v) is 8.26. The molecule has 3 N–H and O–H groups in total. The number of rotatable bonds is 5. The number of aryl methyl sites for hydroxylation is 1. The normalized spacial score (nSPS) is 21.7. The zero-order chi connectivity index (χ0) is 21.6. The van der Waals surface area contributed by atoms with Gasteiger partial charge in [-0.15, -0.1) is 0 Å². The number of imide groups is 1. The highest BCUT2D eigenvalue weighted by Crippen LogP contribution is 2.41. The molecule has 1 saturated carbocycles. The van der Waals surface area contributed by atoms with E-state index in [1.165, 1.54) is 0 Å². The van der Waals surface area contributed by atoms with Crippen molar-refractivity contribution in [2.45, 2.75) is 37.3 Å². The molecule has 5 rings (SSSR count). The van der Waals surface area contributed by atoms with Gasteiger partial charge in [0, 0.05) is 17.3 Å². The van der Waals surface area contributed by atoms with Gasteiger partial charge in [0.25, 0.3) is 11.8 Å². The molecule has 0 radical (unpaired) electrons. The van der Waals surface area contributed by atoms with Crippen LogP contribution >= 0.6 is 0 Å². The standard InChI is InChI=1S/C23H22N4O4/c28-19(24-17-6-3-5-15(12-17)20(29)25-16-8-9-16)13-27-21(30)23(26-22(27)31)11-10-14-4-1-2-7-18(14)23/h1-7,12,16H,8-11,13H2,(H,24,28)(H,25,29)(H,26,31). The number of nitrogens with one attached hydrogen (secondary N) is 3. The Labute approximate surface area is 179 Å². The molecule has 2 aliphatic carbocycles. The monoisotopic (exact) mass is 418 g/mol. The zero-order valence-corrected chi connectivity index (χ0v) is 16.8. The molecule has 2 fully saturated rings. The predicted octanol–water partition coefficient (Wildman–Crippen LogP) is 1.91. The van der Waals surface area contributed by atoms with Gasteiger partial charge in [0.1, 0.15) is 12.1 Å². The molecule has 158 valence electrons. The van der Waals surface area contributed by atoms with Gasteiger partial charge in [-0.3, -0.25) is 19.3 Å². The van der Waals surface area contributed by atoms with E-state index in [2.05, 4.69) is 16.0 Å².